The summed E-state index contributed by atoms with van der Waals surface area (Å²) in [6, 6.07) is 0. The van der Waals surface area contributed by atoms with Gasteiger partial charge in [-0.05, 0) is 64.2 Å². The van der Waals surface area contributed by atoms with Crippen LogP contribution in [-0.2, 0) is 28.6 Å². The lowest BCUT2D eigenvalue weighted by Gasteiger charge is -2.18. The van der Waals surface area contributed by atoms with Crippen molar-refractivity contribution in [3.8, 4) is 0 Å². The van der Waals surface area contributed by atoms with E-state index in [4.69, 9.17) is 14.2 Å². The summed E-state index contributed by atoms with van der Waals surface area (Å²) in [5, 5.41) is 0. The van der Waals surface area contributed by atoms with Crippen molar-refractivity contribution in [2.45, 2.75) is 322 Å². The van der Waals surface area contributed by atoms with Gasteiger partial charge in [0.05, 0.1) is 0 Å². The van der Waals surface area contributed by atoms with Crippen LogP contribution >= 0.6 is 0 Å². The maximum atomic E-state index is 12.8. The van der Waals surface area contributed by atoms with Crippen molar-refractivity contribution in [3.05, 3.63) is 60.8 Å². The zero-order chi connectivity index (χ0) is 51.4. The molecule has 0 aromatic carbocycles. The van der Waals surface area contributed by atoms with E-state index < -0.39 is 6.10 Å². The normalized spacial score (nSPS) is 12.4. The molecule has 6 nitrogen and oxygen atoms in total. The number of ether oxygens (including phenoxy) is 3. The van der Waals surface area contributed by atoms with Gasteiger partial charge in [-0.2, -0.15) is 0 Å². The molecule has 1 atom stereocenters. The second-order valence-electron chi connectivity index (χ2n) is 20.6. The van der Waals surface area contributed by atoms with E-state index in [1.807, 2.05) is 0 Å². The fraction of sp³-hybridized carbons (Fsp3) is 0.800. The molecule has 0 radical (unpaired) electrons. The van der Waals surface area contributed by atoms with E-state index in [-0.39, 0.29) is 31.1 Å². The summed E-state index contributed by atoms with van der Waals surface area (Å²) >= 11 is 0. The zero-order valence-corrected chi connectivity index (χ0v) is 47.2. The molecule has 0 aliphatic carbocycles. The second-order valence-corrected chi connectivity index (χ2v) is 20.6. The molecule has 0 aromatic rings. The lowest BCUT2D eigenvalue weighted by molar-refractivity contribution is -0.167. The average molecular weight is 994 g/mol. The van der Waals surface area contributed by atoms with E-state index >= 15 is 0 Å². The third kappa shape index (κ3) is 57.9. The number of hydrogen-bond acceptors (Lipinski definition) is 6. The van der Waals surface area contributed by atoms with Gasteiger partial charge in [-0.25, -0.2) is 0 Å². The Labute approximate surface area is 440 Å². The molecule has 6 heteroatoms. The van der Waals surface area contributed by atoms with E-state index in [2.05, 4.69) is 81.5 Å². The van der Waals surface area contributed by atoms with Crippen LogP contribution in [0.5, 0.6) is 0 Å². The minimum absolute atomic E-state index is 0.0853. The molecule has 1 unspecified atom stereocenters. The third-order valence-corrected chi connectivity index (χ3v) is 13.5. The molecule has 0 fully saturated rings. The number of allylic oxidation sites excluding steroid dienone is 10. The number of esters is 3. The van der Waals surface area contributed by atoms with Crippen LogP contribution in [0.2, 0.25) is 0 Å². The number of carbonyl (C=O) groups excluding carboxylic acids is 3. The van der Waals surface area contributed by atoms with E-state index in [1.54, 1.807) is 0 Å². The highest BCUT2D eigenvalue weighted by Crippen LogP contribution is 2.17. The van der Waals surface area contributed by atoms with E-state index in [0.717, 1.165) is 103 Å². The van der Waals surface area contributed by atoms with Crippen LogP contribution in [0.3, 0.4) is 0 Å². The number of rotatable bonds is 56. The first kappa shape index (κ1) is 68.1. The molecule has 0 aromatic heterocycles. The van der Waals surface area contributed by atoms with Crippen molar-refractivity contribution in [1.29, 1.82) is 0 Å². The van der Waals surface area contributed by atoms with Gasteiger partial charge >= 0.3 is 17.9 Å². The van der Waals surface area contributed by atoms with Crippen molar-refractivity contribution in [1.82, 2.24) is 0 Å². The van der Waals surface area contributed by atoms with Gasteiger partial charge in [-0.3, -0.25) is 14.4 Å². The Balaban J connectivity index is 4.01. The monoisotopic (exact) mass is 993 g/mol. The largest absolute Gasteiger partial charge is 0.462 e. The number of carbonyl (C=O) groups is 3. The molecule has 0 amide bonds. The molecule has 0 spiro atoms. The SMILES string of the molecule is CC/C=C\C/C=C\C/C=C\C/C=C\C/C=C\CCCCCC(=O)OC(COC(=O)CCCCCCC)COC(=O)CCCCCCCCCCCCCCCCCCCCCCCCCCCCCCC. The van der Waals surface area contributed by atoms with Gasteiger partial charge < -0.3 is 14.2 Å². The highest BCUT2D eigenvalue weighted by atomic mass is 16.6. The predicted octanol–water partition coefficient (Wildman–Crippen LogP) is 20.8. The summed E-state index contributed by atoms with van der Waals surface area (Å²) in [6.45, 7) is 6.45. The Bertz CT molecular complexity index is 1280. The standard InChI is InChI=1S/C65H116O6/c1-4-7-10-13-15-17-19-21-23-25-27-28-29-30-31-32-33-34-35-36-38-39-41-43-45-47-49-52-55-58-64(67)70-61-62(60-69-63(66)57-54-51-12-9-6-3)71-65(68)59-56-53-50-48-46-44-42-40-37-26-24-22-20-18-16-14-11-8-5-2/h8,11,16,18,22,24,37,40,44,46,62H,4-7,9-10,12-15,17,19-21,23,25-36,38-39,41-43,45,47-61H2,1-3H3/b11-8-,18-16-,24-22-,40-37-,46-44-. The summed E-state index contributed by atoms with van der Waals surface area (Å²) < 4.78 is 16.7. The van der Waals surface area contributed by atoms with Gasteiger partial charge in [-0.15, -0.1) is 0 Å². The molecule has 0 aliphatic heterocycles. The zero-order valence-electron chi connectivity index (χ0n) is 47.2. The third-order valence-electron chi connectivity index (χ3n) is 13.5. The van der Waals surface area contributed by atoms with Crippen LogP contribution in [0.4, 0.5) is 0 Å². The molecule has 0 rings (SSSR count). The molecular weight excluding hydrogens is 877 g/mol. The van der Waals surface area contributed by atoms with Gasteiger partial charge in [0.15, 0.2) is 6.10 Å². The van der Waals surface area contributed by atoms with Gasteiger partial charge in [0.1, 0.15) is 13.2 Å². The fourth-order valence-electron chi connectivity index (χ4n) is 8.94. The van der Waals surface area contributed by atoms with Crippen LogP contribution in [0.1, 0.15) is 316 Å². The first-order valence-electron chi connectivity index (χ1n) is 30.8. The van der Waals surface area contributed by atoms with Gasteiger partial charge in [0.2, 0.25) is 0 Å². The molecule has 0 saturated carbocycles. The van der Waals surface area contributed by atoms with Crippen molar-refractivity contribution >= 4 is 17.9 Å². The summed E-state index contributed by atoms with van der Waals surface area (Å²) in [5.41, 5.74) is 0. The predicted molar refractivity (Wildman–Crippen MR) is 307 cm³/mol. The molecule has 71 heavy (non-hydrogen) atoms. The smallest absolute Gasteiger partial charge is 0.306 e. The van der Waals surface area contributed by atoms with Gasteiger partial charge in [-0.1, -0.05) is 293 Å². The van der Waals surface area contributed by atoms with Crippen molar-refractivity contribution in [2.24, 2.45) is 0 Å². The van der Waals surface area contributed by atoms with Crippen LogP contribution in [0.15, 0.2) is 60.8 Å². The highest BCUT2D eigenvalue weighted by Gasteiger charge is 2.19. The van der Waals surface area contributed by atoms with Crippen LogP contribution in [-0.4, -0.2) is 37.2 Å². The van der Waals surface area contributed by atoms with Crippen LogP contribution in [0.25, 0.3) is 0 Å². The summed E-state index contributed by atoms with van der Waals surface area (Å²) in [4.78, 5) is 37.8. The maximum Gasteiger partial charge on any atom is 0.306 e. The van der Waals surface area contributed by atoms with Crippen molar-refractivity contribution < 1.29 is 28.6 Å². The minimum Gasteiger partial charge on any atom is -0.462 e. The summed E-state index contributed by atoms with van der Waals surface area (Å²) in [7, 11) is 0. The van der Waals surface area contributed by atoms with Gasteiger partial charge in [0, 0.05) is 19.3 Å². The maximum absolute atomic E-state index is 12.8. The lowest BCUT2D eigenvalue weighted by Crippen LogP contribution is -2.30. The van der Waals surface area contributed by atoms with Crippen molar-refractivity contribution in [3.63, 3.8) is 0 Å². The fourth-order valence-corrected chi connectivity index (χ4v) is 8.94. The van der Waals surface area contributed by atoms with Gasteiger partial charge in [0.25, 0.3) is 0 Å². The average Bonchev–Trinajstić information content (AvgIpc) is 3.37. The van der Waals surface area contributed by atoms with E-state index in [0.29, 0.717) is 19.3 Å². The molecular formula is C65H116O6. The second kappa shape index (κ2) is 59.7. The Kier molecular flexibility index (Phi) is 57.2. The van der Waals surface area contributed by atoms with E-state index in [1.165, 1.54) is 173 Å². The lowest BCUT2D eigenvalue weighted by atomic mass is 10.0. The number of unbranched alkanes of at least 4 members (excludes halogenated alkanes) is 35. The first-order valence-corrected chi connectivity index (χ1v) is 30.8. The molecule has 0 N–H and O–H groups in total. The summed E-state index contributed by atoms with van der Waals surface area (Å²) in [5.74, 6) is -0.921. The number of hydrogen-bond donors (Lipinski definition) is 0. The highest BCUT2D eigenvalue weighted by molar-refractivity contribution is 5.71. The Morgan fingerprint density at radius 2 is 0.549 bits per heavy atom. The Morgan fingerprint density at radius 1 is 0.296 bits per heavy atom. The molecule has 0 aliphatic rings. The van der Waals surface area contributed by atoms with Crippen molar-refractivity contribution in [2.75, 3.05) is 13.2 Å². The quantitative estimate of drug-likeness (QED) is 0.0261. The minimum atomic E-state index is -0.787. The molecule has 0 heterocycles. The first-order chi connectivity index (χ1) is 35.0. The van der Waals surface area contributed by atoms with Crippen LogP contribution < -0.4 is 0 Å². The molecule has 0 bridgehead atoms. The Hall–Kier alpha value is -2.89. The summed E-state index contributed by atoms with van der Waals surface area (Å²) in [6.07, 6.45) is 75.8. The van der Waals surface area contributed by atoms with E-state index in [9.17, 15) is 14.4 Å². The van der Waals surface area contributed by atoms with Crippen LogP contribution in [0, 0.1) is 0 Å². The topological polar surface area (TPSA) is 78.9 Å². The molecule has 412 valence electrons. The molecule has 0 saturated heterocycles. The Morgan fingerprint density at radius 3 is 0.859 bits per heavy atom.